The number of rotatable bonds is 6. The summed E-state index contributed by atoms with van der Waals surface area (Å²) in [5.41, 5.74) is 0.706. The second kappa shape index (κ2) is 11.4. The minimum atomic E-state index is -1.58. The van der Waals surface area contributed by atoms with Gasteiger partial charge in [-0.15, -0.1) is 0 Å². The molecule has 0 aromatic rings. The van der Waals surface area contributed by atoms with Gasteiger partial charge in [-0.2, -0.15) is 0 Å². The zero-order valence-electron chi connectivity index (χ0n) is 21.8. The summed E-state index contributed by atoms with van der Waals surface area (Å²) in [4.78, 5) is 0. The minimum Gasteiger partial charge on any atom is -0.393 e. The van der Waals surface area contributed by atoms with Gasteiger partial charge in [0.05, 0.1) is 25.4 Å². The van der Waals surface area contributed by atoms with E-state index in [1.807, 2.05) is 6.92 Å². The van der Waals surface area contributed by atoms with Crippen molar-refractivity contribution in [1.29, 1.82) is 0 Å². The highest BCUT2D eigenvalue weighted by Crippen LogP contribution is 2.55. The smallest absolute Gasteiger partial charge is 0.186 e. The lowest BCUT2D eigenvalue weighted by atomic mass is 9.54. The summed E-state index contributed by atoms with van der Waals surface area (Å²) in [6.07, 6.45) is -10.7. The molecule has 0 spiro atoms. The van der Waals surface area contributed by atoms with Crippen molar-refractivity contribution in [2.45, 2.75) is 114 Å². The quantitative estimate of drug-likeness (QED) is 0.165. The third-order valence-corrected chi connectivity index (χ3v) is 9.13. The number of aliphatic hydroxyl groups excluding tert-OH is 7. The Morgan fingerprint density at radius 3 is 2.32 bits per heavy atom. The molecule has 11 heteroatoms. The van der Waals surface area contributed by atoms with Crippen molar-refractivity contribution in [3.05, 3.63) is 12.2 Å². The minimum absolute atomic E-state index is 0.0910. The first-order valence-electron chi connectivity index (χ1n) is 13.3. The fourth-order valence-electron chi connectivity index (χ4n) is 6.55. The number of aliphatic hydroxyl groups is 7. The van der Waals surface area contributed by atoms with Crippen LogP contribution in [0, 0.1) is 23.2 Å². The van der Waals surface area contributed by atoms with E-state index in [4.69, 9.17) is 18.9 Å². The third-order valence-electron chi connectivity index (χ3n) is 9.13. The van der Waals surface area contributed by atoms with Crippen molar-refractivity contribution in [1.82, 2.24) is 0 Å². The first-order valence-corrected chi connectivity index (χ1v) is 13.3. The van der Waals surface area contributed by atoms with Crippen molar-refractivity contribution in [3.8, 4) is 0 Å². The van der Waals surface area contributed by atoms with Gasteiger partial charge in [-0.25, -0.2) is 0 Å². The van der Waals surface area contributed by atoms with Crippen LogP contribution in [0.15, 0.2) is 12.2 Å². The molecule has 4 rings (SSSR count). The molecule has 0 unspecified atom stereocenters. The van der Waals surface area contributed by atoms with Crippen LogP contribution in [0.5, 0.6) is 0 Å². The van der Waals surface area contributed by atoms with Gasteiger partial charge < -0.3 is 54.7 Å². The summed E-state index contributed by atoms with van der Waals surface area (Å²) >= 11 is 0. The predicted molar refractivity (Wildman–Crippen MR) is 129 cm³/mol. The number of hydrogen-bond acceptors (Lipinski definition) is 11. The molecule has 4 aliphatic rings. The fourth-order valence-corrected chi connectivity index (χ4v) is 6.55. The predicted octanol–water partition coefficient (Wildman–Crippen LogP) is -0.966. The Morgan fingerprint density at radius 1 is 0.973 bits per heavy atom. The average molecular weight is 533 g/mol. The van der Waals surface area contributed by atoms with Crippen LogP contribution < -0.4 is 0 Å². The number of ether oxygens (including phenoxy) is 4. The normalized spacial score (nSPS) is 51.2. The molecule has 37 heavy (non-hydrogen) atoms. The Kier molecular flexibility index (Phi) is 9.04. The molecule has 214 valence electrons. The van der Waals surface area contributed by atoms with Gasteiger partial charge in [0.25, 0.3) is 0 Å². The summed E-state index contributed by atoms with van der Waals surface area (Å²) in [6, 6.07) is 0. The summed E-state index contributed by atoms with van der Waals surface area (Å²) in [5, 5.41) is 72.3. The van der Waals surface area contributed by atoms with E-state index in [1.54, 1.807) is 0 Å². The Hall–Kier alpha value is -0.700. The van der Waals surface area contributed by atoms with Crippen LogP contribution in [-0.2, 0) is 18.9 Å². The van der Waals surface area contributed by atoms with Gasteiger partial charge in [-0.05, 0) is 43.4 Å². The summed E-state index contributed by atoms with van der Waals surface area (Å²) in [6.45, 7) is 9.93. The summed E-state index contributed by atoms with van der Waals surface area (Å²) in [7, 11) is 0. The molecular weight excluding hydrogens is 488 g/mol. The Morgan fingerprint density at radius 2 is 1.65 bits per heavy atom. The van der Waals surface area contributed by atoms with E-state index in [9.17, 15) is 35.7 Å². The maximum absolute atomic E-state index is 10.9. The van der Waals surface area contributed by atoms with E-state index in [0.29, 0.717) is 12.8 Å². The molecule has 0 bridgehead atoms. The zero-order chi connectivity index (χ0) is 27.2. The van der Waals surface area contributed by atoms with Gasteiger partial charge in [-0.1, -0.05) is 32.9 Å². The van der Waals surface area contributed by atoms with Gasteiger partial charge in [0.15, 0.2) is 12.6 Å². The highest BCUT2D eigenvalue weighted by molar-refractivity contribution is 5.16. The SMILES string of the molecule is C=C1CC[C@@H](O)[C@]2(C)C[C@H](O[C@H]3O[C@@H](CO[C@H]4OC[C@H](O)[C@@H](O)[C@@H]4O)[C@H](O)[C@@H](O)[C@@H]3O)[C@@H](C(C)C)C[C@@H]12. The van der Waals surface area contributed by atoms with Crippen LogP contribution in [0.25, 0.3) is 0 Å². The van der Waals surface area contributed by atoms with E-state index in [2.05, 4.69) is 20.4 Å². The van der Waals surface area contributed by atoms with Gasteiger partial charge in [0.1, 0.15) is 42.7 Å². The molecule has 14 atom stereocenters. The largest absolute Gasteiger partial charge is 0.393 e. The molecule has 0 aromatic carbocycles. The van der Waals surface area contributed by atoms with Crippen molar-refractivity contribution in [2.24, 2.45) is 23.2 Å². The third kappa shape index (κ3) is 5.64. The molecule has 0 amide bonds. The molecule has 2 saturated heterocycles. The second-order valence-corrected chi connectivity index (χ2v) is 11.9. The van der Waals surface area contributed by atoms with E-state index in [1.165, 1.54) is 0 Å². The Balaban J connectivity index is 1.45. The number of hydrogen-bond donors (Lipinski definition) is 7. The molecule has 2 saturated carbocycles. The van der Waals surface area contributed by atoms with Crippen molar-refractivity contribution in [3.63, 3.8) is 0 Å². The van der Waals surface area contributed by atoms with Crippen LogP contribution in [0.3, 0.4) is 0 Å². The van der Waals surface area contributed by atoms with Crippen molar-refractivity contribution in [2.75, 3.05) is 13.2 Å². The molecule has 2 aliphatic carbocycles. The molecule has 2 aliphatic heterocycles. The monoisotopic (exact) mass is 532 g/mol. The first kappa shape index (κ1) is 29.3. The fraction of sp³-hybridized carbons (Fsp3) is 0.923. The van der Waals surface area contributed by atoms with Crippen LogP contribution in [0.4, 0.5) is 0 Å². The van der Waals surface area contributed by atoms with Gasteiger partial charge in [0.2, 0.25) is 0 Å². The molecule has 7 N–H and O–H groups in total. The summed E-state index contributed by atoms with van der Waals surface area (Å²) in [5.74, 6) is 0.488. The molecule has 2 heterocycles. The van der Waals surface area contributed by atoms with E-state index in [0.717, 1.165) is 18.4 Å². The molecule has 11 nitrogen and oxygen atoms in total. The highest BCUT2D eigenvalue weighted by atomic mass is 16.7. The van der Waals surface area contributed by atoms with Crippen LogP contribution in [0.1, 0.15) is 46.5 Å². The number of fused-ring (bicyclic) bond motifs is 1. The topological polar surface area (TPSA) is 179 Å². The highest BCUT2D eigenvalue weighted by Gasteiger charge is 2.54. The number of allylic oxidation sites excluding steroid dienone is 1. The van der Waals surface area contributed by atoms with E-state index >= 15 is 0 Å². The van der Waals surface area contributed by atoms with Gasteiger partial charge in [-0.3, -0.25) is 0 Å². The molecule has 4 fully saturated rings. The maximum atomic E-state index is 10.9. The van der Waals surface area contributed by atoms with Crippen molar-refractivity contribution < 1.29 is 54.7 Å². The standard InChI is InChI=1S/C26H44O11/c1-11(2)13-7-14-12(3)5-6-18(28)26(14,4)8-16(13)36-25-23(33)21(31)20(30)17(37-25)10-35-24-22(32)19(29)15(27)9-34-24/h11,13-25,27-33H,3,5-10H2,1-2,4H3/t13-,14+,15+,16+,17+,18-,19-,20+,21-,22+,23+,24-,25+,26-/m1/s1. The Bertz CT molecular complexity index is 794. The first-order chi connectivity index (χ1) is 17.3. The van der Waals surface area contributed by atoms with Crippen molar-refractivity contribution >= 4 is 0 Å². The average Bonchev–Trinajstić information content (AvgIpc) is 2.85. The zero-order valence-corrected chi connectivity index (χ0v) is 21.8. The van der Waals surface area contributed by atoms with Crippen LogP contribution in [-0.4, -0.2) is 116 Å². The molecular formula is C26H44O11. The van der Waals surface area contributed by atoms with Gasteiger partial charge in [0, 0.05) is 5.41 Å². The van der Waals surface area contributed by atoms with Gasteiger partial charge >= 0.3 is 0 Å². The molecule has 0 aromatic heterocycles. The van der Waals surface area contributed by atoms with Crippen LogP contribution in [0.2, 0.25) is 0 Å². The maximum Gasteiger partial charge on any atom is 0.186 e. The Labute approximate surface area is 217 Å². The summed E-state index contributed by atoms with van der Waals surface area (Å²) < 4.78 is 22.9. The van der Waals surface area contributed by atoms with E-state index in [-0.39, 0.29) is 37.1 Å². The van der Waals surface area contributed by atoms with Crippen LogP contribution >= 0.6 is 0 Å². The lowest BCUT2D eigenvalue weighted by molar-refractivity contribution is -0.335. The second-order valence-electron chi connectivity index (χ2n) is 11.9. The molecule has 0 radical (unpaired) electrons. The lowest BCUT2D eigenvalue weighted by Crippen LogP contribution is -2.62. The lowest BCUT2D eigenvalue weighted by Gasteiger charge is -2.55. The van der Waals surface area contributed by atoms with E-state index < -0.39 is 66.8 Å².